The zero-order valence-corrected chi connectivity index (χ0v) is 16.0. The van der Waals surface area contributed by atoms with Crippen molar-refractivity contribution in [2.24, 2.45) is 5.41 Å². The van der Waals surface area contributed by atoms with Gasteiger partial charge in [0.15, 0.2) is 0 Å². The first-order valence-corrected chi connectivity index (χ1v) is 9.39. The molecule has 0 heterocycles. The summed E-state index contributed by atoms with van der Waals surface area (Å²) in [6.45, 7) is 5.21. The molecule has 0 aliphatic carbocycles. The van der Waals surface area contributed by atoms with Crippen molar-refractivity contribution in [3.8, 4) is 0 Å². The van der Waals surface area contributed by atoms with Crippen molar-refractivity contribution < 1.29 is 4.74 Å². The minimum atomic E-state index is -0.615. The van der Waals surface area contributed by atoms with Gasteiger partial charge >= 0.3 is 167 Å². The van der Waals surface area contributed by atoms with Crippen molar-refractivity contribution in [1.29, 1.82) is 0 Å². The van der Waals surface area contributed by atoms with Crippen LogP contribution in [-0.4, -0.2) is 24.3 Å². The van der Waals surface area contributed by atoms with Gasteiger partial charge in [0.25, 0.3) is 0 Å². The van der Waals surface area contributed by atoms with Crippen molar-refractivity contribution in [1.82, 2.24) is 0 Å². The third kappa shape index (κ3) is 3.97. The molecule has 26 heavy (non-hydrogen) atoms. The molecular weight excluding hydrogens is 311 g/mol. The van der Waals surface area contributed by atoms with Gasteiger partial charge in [-0.1, -0.05) is 0 Å². The van der Waals surface area contributed by atoms with Crippen molar-refractivity contribution in [3.05, 3.63) is 108 Å². The van der Waals surface area contributed by atoms with E-state index in [1.807, 2.05) is 0 Å². The molecule has 3 rings (SSSR count). The fourth-order valence-electron chi connectivity index (χ4n) is 3.17. The standard InChI is InChI=1S/C24H25O.Li/c1-23(2,3)19-25-24(20-13-7-4-8-14-20,21-15-9-5-10-16-21)22-17-11-6-12-18-22;/h4-18H,1,19H2,2-3H3;. The van der Waals surface area contributed by atoms with Crippen LogP contribution in [0.25, 0.3) is 0 Å². The van der Waals surface area contributed by atoms with E-state index in [-0.39, 0.29) is 5.41 Å². The molecule has 0 atom stereocenters. The predicted octanol–water partition coefficient (Wildman–Crippen LogP) is 5.61. The first-order valence-electron chi connectivity index (χ1n) is 9.39. The molecular formula is C24H25LiO. The van der Waals surface area contributed by atoms with Crippen LogP contribution < -0.4 is 0 Å². The molecule has 0 amide bonds. The molecule has 3 aromatic carbocycles. The number of ether oxygens (including phenoxy) is 1. The Morgan fingerprint density at radius 1 is 0.654 bits per heavy atom. The molecule has 0 aliphatic rings. The number of hydrogen-bond acceptors (Lipinski definition) is 1. The SMILES string of the molecule is [Li][CH2]C(C)(C)COC(c1ccccc1)(c1ccccc1)c1ccccc1. The number of benzene rings is 3. The quantitative estimate of drug-likeness (QED) is 0.402. The zero-order valence-electron chi connectivity index (χ0n) is 16.0. The molecule has 0 unspecified atom stereocenters. The Kier molecular flexibility index (Phi) is 6.04. The van der Waals surface area contributed by atoms with Gasteiger partial charge in [0.1, 0.15) is 0 Å². The summed E-state index contributed by atoms with van der Waals surface area (Å²) in [6.07, 6.45) is 0. The maximum atomic E-state index is 6.84. The first kappa shape index (κ1) is 19.0. The van der Waals surface area contributed by atoms with Crippen molar-refractivity contribution in [2.75, 3.05) is 6.61 Å². The van der Waals surface area contributed by atoms with E-state index >= 15 is 0 Å². The Labute approximate surface area is 166 Å². The van der Waals surface area contributed by atoms with E-state index in [1.54, 1.807) is 0 Å². The van der Waals surface area contributed by atoms with E-state index in [4.69, 9.17) is 4.74 Å². The second-order valence-corrected chi connectivity index (χ2v) is 7.59. The normalized spacial score (nSPS) is 12.2. The van der Waals surface area contributed by atoms with Crippen molar-refractivity contribution >= 4 is 17.7 Å². The van der Waals surface area contributed by atoms with E-state index in [1.165, 1.54) is 0 Å². The Balaban J connectivity index is 2.21. The van der Waals surface area contributed by atoms with Gasteiger partial charge in [-0.05, 0) is 0 Å². The van der Waals surface area contributed by atoms with Gasteiger partial charge in [0, 0.05) is 0 Å². The number of hydrogen-bond donors (Lipinski definition) is 0. The van der Waals surface area contributed by atoms with Gasteiger partial charge in [-0.25, -0.2) is 0 Å². The molecule has 0 saturated carbocycles. The molecule has 0 fully saturated rings. The van der Waals surface area contributed by atoms with Gasteiger partial charge in [0.2, 0.25) is 0 Å². The third-order valence-corrected chi connectivity index (χ3v) is 5.18. The topological polar surface area (TPSA) is 9.23 Å². The third-order valence-electron chi connectivity index (χ3n) is 5.18. The van der Waals surface area contributed by atoms with E-state index < -0.39 is 5.60 Å². The summed E-state index contributed by atoms with van der Waals surface area (Å²) >= 11 is 2.22. The molecule has 128 valence electrons. The van der Waals surface area contributed by atoms with Gasteiger partial charge < -0.3 is 0 Å². The Hall–Kier alpha value is -1.78. The molecule has 1 nitrogen and oxygen atoms in total. The Morgan fingerprint density at radius 2 is 1.00 bits per heavy atom. The van der Waals surface area contributed by atoms with Crippen molar-refractivity contribution in [2.45, 2.75) is 24.5 Å². The molecule has 3 aromatic rings. The van der Waals surface area contributed by atoms with Gasteiger partial charge in [0.05, 0.1) is 0 Å². The Morgan fingerprint density at radius 3 is 1.31 bits per heavy atom. The molecule has 0 spiro atoms. The van der Waals surface area contributed by atoms with E-state index in [0.29, 0.717) is 6.61 Å². The second-order valence-electron chi connectivity index (χ2n) is 7.59. The molecule has 2 heteroatoms. The monoisotopic (exact) mass is 336 g/mol. The van der Waals surface area contributed by atoms with Gasteiger partial charge in [-0.15, -0.1) is 0 Å². The molecule has 0 aromatic heterocycles. The van der Waals surface area contributed by atoms with Crippen molar-refractivity contribution in [3.63, 3.8) is 0 Å². The van der Waals surface area contributed by atoms with Crippen LogP contribution in [-0.2, 0) is 10.3 Å². The van der Waals surface area contributed by atoms with Crippen LogP contribution in [0.5, 0.6) is 0 Å². The molecule has 0 bridgehead atoms. The van der Waals surface area contributed by atoms with E-state index in [0.717, 1.165) is 21.8 Å². The molecule has 0 radical (unpaired) electrons. The van der Waals surface area contributed by atoms with Gasteiger partial charge in [-0.2, -0.15) is 0 Å². The molecule has 0 N–H and O–H groups in total. The summed E-state index contributed by atoms with van der Waals surface area (Å²) in [4.78, 5) is 0. The number of rotatable bonds is 7. The molecule has 0 saturated heterocycles. The fourth-order valence-corrected chi connectivity index (χ4v) is 3.17. The first-order chi connectivity index (χ1) is 12.6. The fraction of sp³-hybridized carbons (Fsp3) is 0.250. The summed E-state index contributed by atoms with van der Waals surface area (Å²) < 4.78 is 6.84. The Bertz CT molecular complexity index is 701. The average Bonchev–Trinajstić information content (AvgIpc) is 2.71. The van der Waals surface area contributed by atoms with Crippen LogP contribution >= 0.6 is 0 Å². The van der Waals surface area contributed by atoms with Crippen LogP contribution in [0.2, 0.25) is 5.09 Å². The second kappa shape index (κ2) is 8.27. The van der Waals surface area contributed by atoms with Crippen LogP contribution in [0.15, 0.2) is 91.0 Å². The minimum absolute atomic E-state index is 0.115. The maximum absolute atomic E-state index is 6.84. The van der Waals surface area contributed by atoms with Crippen LogP contribution in [0.3, 0.4) is 0 Å². The van der Waals surface area contributed by atoms with Gasteiger partial charge in [-0.3, -0.25) is 0 Å². The van der Waals surface area contributed by atoms with Crippen LogP contribution in [0, 0.1) is 5.41 Å². The van der Waals surface area contributed by atoms with Crippen LogP contribution in [0.1, 0.15) is 30.5 Å². The zero-order chi connectivity index (χ0) is 18.5. The average molecular weight is 336 g/mol. The summed E-state index contributed by atoms with van der Waals surface area (Å²) in [7, 11) is 0. The molecule has 0 aliphatic heterocycles. The summed E-state index contributed by atoms with van der Waals surface area (Å²) in [5, 5.41) is 1.07. The predicted molar refractivity (Wildman–Crippen MR) is 110 cm³/mol. The van der Waals surface area contributed by atoms with E-state index in [2.05, 4.69) is 123 Å². The van der Waals surface area contributed by atoms with Crippen LogP contribution in [0.4, 0.5) is 0 Å². The summed E-state index contributed by atoms with van der Waals surface area (Å²) in [5.41, 5.74) is 2.97. The summed E-state index contributed by atoms with van der Waals surface area (Å²) in [6, 6.07) is 31.7. The van der Waals surface area contributed by atoms with E-state index in [9.17, 15) is 0 Å². The summed E-state index contributed by atoms with van der Waals surface area (Å²) in [5.74, 6) is 0.